The van der Waals surface area contributed by atoms with Crippen LogP contribution in [-0.2, 0) is 1.44 Å². The number of rotatable bonds is 0. The molecule has 0 aromatic carbocycles. The predicted molar refractivity (Wildman–Crippen MR) is 63.9 cm³/mol. The van der Waals surface area contributed by atoms with Gasteiger partial charge in [-0.2, -0.15) is 0 Å². The van der Waals surface area contributed by atoms with Crippen molar-refractivity contribution in [2.24, 2.45) is 0 Å². The van der Waals surface area contributed by atoms with E-state index in [0.717, 1.165) is 0 Å². The molecular formula is C11H21CaNO2. The van der Waals surface area contributed by atoms with Gasteiger partial charge in [0.15, 0.2) is 0 Å². The molecule has 0 spiro atoms. The Morgan fingerprint density at radius 1 is 1.13 bits per heavy atom. The van der Waals surface area contributed by atoms with Crippen molar-refractivity contribution >= 4 is 36.6 Å². The molecule has 0 aliphatic carbocycles. The molecule has 1 N–H and O–H groups in total. The van der Waals surface area contributed by atoms with Crippen LogP contribution in [0, 0.1) is 0 Å². The Hall–Kier alpha value is 0.270. The number of hydrogen-bond donors (Lipinski definition) is 1. The quantitative estimate of drug-likeness (QED) is 0.658. The summed E-state index contributed by atoms with van der Waals surface area (Å²) < 4.78 is 8.12. The SMILES string of the molecule is C[C](C)(C)[Ca]1([C](C)(C)C)[CH]=CNC(=O)[O]1. The van der Waals surface area contributed by atoms with Crippen LogP contribution in [0.3, 0.4) is 0 Å². The van der Waals surface area contributed by atoms with E-state index >= 15 is 0 Å². The van der Waals surface area contributed by atoms with E-state index in [4.69, 9.17) is 1.44 Å². The first kappa shape index (κ1) is 13.3. The van der Waals surface area contributed by atoms with Gasteiger partial charge in [-0.05, 0) is 0 Å². The summed E-state index contributed by atoms with van der Waals surface area (Å²) in [6.07, 6.45) is 1.50. The van der Waals surface area contributed by atoms with Crippen molar-refractivity contribution in [3.63, 3.8) is 0 Å². The van der Waals surface area contributed by atoms with Crippen LogP contribution >= 0.6 is 0 Å². The van der Waals surface area contributed by atoms with E-state index in [2.05, 4.69) is 49.0 Å². The van der Waals surface area contributed by atoms with Crippen LogP contribution < -0.4 is 5.32 Å². The van der Waals surface area contributed by atoms with Gasteiger partial charge < -0.3 is 0 Å². The summed E-state index contributed by atoms with van der Waals surface area (Å²) in [5.74, 6) is 0. The summed E-state index contributed by atoms with van der Waals surface area (Å²) in [4.78, 5) is 11.4. The van der Waals surface area contributed by atoms with Gasteiger partial charge in [-0.1, -0.05) is 0 Å². The molecule has 84 valence electrons. The normalized spacial score (nSPS) is 20.8. The first-order chi connectivity index (χ1) is 6.60. The summed E-state index contributed by atoms with van der Waals surface area (Å²) in [6, 6.07) is 0. The van der Waals surface area contributed by atoms with E-state index in [-0.39, 0.29) is 9.12 Å². The standard InChI is InChI=1S/2C4H9.C3H4NO2.Ca/c2*1-4(2)3;1-2-4-3(5)6;/h2*1-3H3;1-2,4H,(H,5,6);/q;;;+1/p-1. The van der Waals surface area contributed by atoms with Crippen LogP contribution in [0.4, 0.5) is 4.79 Å². The monoisotopic (exact) mass is 239 g/mol. The van der Waals surface area contributed by atoms with Crippen LogP contribution in [0.15, 0.2) is 8.37 Å². The zero-order valence-electron chi connectivity index (χ0n) is 10.7. The molecule has 15 heavy (non-hydrogen) atoms. The fraction of sp³-hybridized carbons (Fsp3) is 0.727. The Bertz CT molecular complexity index is 283. The molecule has 4 heteroatoms. The molecular weight excluding hydrogens is 218 g/mol. The summed E-state index contributed by atoms with van der Waals surface area (Å²) >= 11 is -3.20. The number of carbonyl (C=O) groups excluding carboxylic acids is 1. The van der Waals surface area contributed by atoms with Gasteiger partial charge in [0.1, 0.15) is 0 Å². The van der Waals surface area contributed by atoms with Gasteiger partial charge in [0.2, 0.25) is 0 Å². The molecule has 2 radical (unpaired) electrons. The van der Waals surface area contributed by atoms with Crippen molar-refractivity contribution in [1.82, 2.24) is 5.32 Å². The summed E-state index contributed by atoms with van der Waals surface area (Å²) in [5.41, 5.74) is 0. The third-order valence-electron chi connectivity index (χ3n) is 4.16. The van der Waals surface area contributed by atoms with E-state index in [1.165, 1.54) is 0 Å². The first-order valence-corrected chi connectivity index (χ1v) is 10.1. The summed E-state index contributed by atoms with van der Waals surface area (Å²) in [5, 5.41) is 2.59. The van der Waals surface area contributed by atoms with Gasteiger partial charge in [0.25, 0.3) is 0 Å². The van der Waals surface area contributed by atoms with Crippen molar-refractivity contribution in [2.75, 3.05) is 0 Å². The third kappa shape index (κ3) is 2.34. The van der Waals surface area contributed by atoms with Crippen LogP contribution in [0.1, 0.15) is 41.5 Å². The van der Waals surface area contributed by atoms with E-state index < -0.39 is 30.5 Å². The zero-order valence-corrected chi connectivity index (χ0v) is 12.9. The summed E-state index contributed by atoms with van der Waals surface area (Å²) in [7, 11) is 0. The van der Waals surface area contributed by atoms with Gasteiger partial charge in [-0.25, -0.2) is 0 Å². The molecule has 0 unspecified atom stereocenters. The molecule has 0 fully saturated rings. The Morgan fingerprint density at radius 3 is 1.87 bits per heavy atom. The van der Waals surface area contributed by atoms with Crippen molar-refractivity contribution in [3.8, 4) is 0 Å². The molecule has 1 amide bonds. The van der Waals surface area contributed by atoms with Crippen molar-refractivity contribution in [3.05, 3.63) is 8.37 Å². The Morgan fingerprint density at radius 2 is 1.60 bits per heavy atom. The Labute approximate surface area is 100 Å². The second kappa shape index (κ2) is 3.93. The molecule has 0 aromatic rings. The molecule has 1 rings (SSSR count). The second-order valence-corrected chi connectivity index (χ2v) is 18.2. The molecule has 0 aromatic heterocycles. The molecule has 1 heterocycles. The van der Waals surface area contributed by atoms with E-state index in [9.17, 15) is 4.79 Å². The molecule has 0 saturated carbocycles. The van der Waals surface area contributed by atoms with Crippen LogP contribution in [0.5, 0.6) is 0 Å². The van der Waals surface area contributed by atoms with Gasteiger partial charge >= 0.3 is 101 Å². The minimum absolute atomic E-state index is 0.0794. The number of amides is 1. The van der Waals surface area contributed by atoms with Gasteiger partial charge in [0.05, 0.1) is 0 Å². The van der Waals surface area contributed by atoms with Gasteiger partial charge in [-0.15, -0.1) is 0 Å². The second-order valence-electron chi connectivity index (χ2n) is 7.14. The maximum absolute atomic E-state index is 11.4. The van der Waals surface area contributed by atoms with Crippen LogP contribution in [0.2, 0.25) is 3.02 Å². The average Bonchev–Trinajstić information content (AvgIpc) is 1.99. The van der Waals surface area contributed by atoms with E-state index in [1.807, 2.05) is 0 Å². The van der Waals surface area contributed by atoms with E-state index in [0.29, 0.717) is 0 Å². The third-order valence-corrected chi connectivity index (χ3v) is 16.5. The molecule has 1 aliphatic rings. The fourth-order valence-corrected chi connectivity index (χ4v) is 13.5. The Balaban J connectivity index is 3.26. The van der Waals surface area contributed by atoms with Gasteiger partial charge in [-0.3, -0.25) is 0 Å². The molecule has 0 saturated heterocycles. The maximum atomic E-state index is 11.4. The van der Waals surface area contributed by atoms with Crippen molar-refractivity contribution in [1.29, 1.82) is 0 Å². The average molecular weight is 239 g/mol. The molecule has 1 aliphatic heterocycles. The fourth-order valence-electron chi connectivity index (χ4n) is 3.32. The predicted octanol–water partition coefficient (Wildman–Crippen LogP) is 3.32. The molecule has 3 nitrogen and oxygen atoms in total. The van der Waals surface area contributed by atoms with Gasteiger partial charge in [0, 0.05) is 0 Å². The zero-order chi connectivity index (χ0) is 11.9. The van der Waals surface area contributed by atoms with Crippen LogP contribution in [0.25, 0.3) is 0 Å². The number of nitrogens with one attached hydrogen (secondary N) is 1. The number of hydrogen-bond acceptors (Lipinski definition) is 2. The molecule has 0 bridgehead atoms. The Kier molecular flexibility index (Phi) is 3.50. The topological polar surface area (TPSA) is 38.3 Å². The first-order valence-electron chi connectivity index (χ1n) is 5.68. The van der Waals surface area contributed by atoms with Crippen molar-refractivity contribution in [2.45, 2.75) is 44.6 Å². The van der Waals surface area contributed by atoms with Crippen molar-refractivity contribution < 1.29 is 6.24 Å². The minimum atomic E-state index is -3.20. The van der Waals surface area contributed by atoms with E-state index in [1.54, 1.807) is 6.20 Å². The summed E-state index contributed by atoms with van der Waals surface area (Å²) in [6.45, 7) is 13.1. The van der Waals surface area contributed by atoms with Crippen LogP contribution in [-0.4, -0.2) is 36.6 Å². The number of carbonyl (C=O) groups is 1. The molecule has 0 atom stereocenters.